The Kier molecular flexibility index (Phi) is 5.61. The van der Waals surface area contributed by atoms with Gasteiger partial charge < -0.3 is 14.4 Å². The molecule has 7 rings (SSSR count). The highest BCUT2D eigenvalue weighted by molar-refractivity contribution is 6.30. The molecule has 0 N–H and O–H groups in total. The number of imide groups is 1. The van der Waals surface area contributed by atoms with Gasteiger partial charge in [0.1, 0.15) is 6.04 Å². The Morgan fingerprint density at radius 1 is 0.825 bits per heavy atom. The second-order valence-electron chi connectivity index (χ2n) is 9.99. The number of ketones is 2. The molecule has 4 aliphatic heterocycles. The molecule has 40 heavy (non-hydrogen) atoms. The first-order chi connectivity index (χ1) is 19.4. The van der Waals surface area contributed by atoms with Crippen LogP contribution in [0.3, 0.4) is 0 Å². The number of ether oxygens (including phenoxy) is 2. The van der Waals surface area contributed by atoms with Crippen molar-refractivity contribution in [3.05, 3.63) is 113 Å². The van der Waals surface area contributed by atoms with E-state index in [1.165, 1.54) is 0 Å². The smallest absolute Gasteiger partial charge is 0.240 e. The Morgan fingerprint density at radius 2 is 1.55 bits per heavy atom. The van der Waals surface area contributed by atoms with Crippen molar-refractivity contribution in [2.45, 2.75) is 12.1 Å². The summed E-state index contributed by atoms with van der Waals surface area (Å²) in [4.78, 5) is 58.1. The molecular formula is C31H21ClN2O6. The van der Waals surface area contributed by atoms with Crippen molar-refractivity contribution in [3.63, 3.8) is 0 Å². The number of Topliss-reactive ketones (excluding diaryl/α,β-unsaturated/α-hetero) is 2. The molecule has 3 aromatic carbocycles. The first kappa shape index (κ1) is 24.4. The Balaban J connectivity index is 1.30. The summed E-state index contributed by atoms with van der Waals surface area (Å²) in [6, 6.07) is 18.5. The molecule has 0 aliphatic carbocycles. The molecule has 4 heterocycles. The number of halogens is 1. The van der Waals surface area contributed by atoms with Gasteiger partial charge in [0, 0.05) is 34.0 Å². The van der Waals surface area contributed by atoms with Gasteiger partial charge in [-0.15, -0.1) is 0 Å². The lowest BCUT2D eigenvalue weighted by Gasteiger charge is -2.32. The zero-order valence-corrected chi connectivity index (χ0v) is 21.7. The van der Waals surface area contributed by atoms with Gasteiger partial charge in [0.15, 0.2) is 23.1 Å². The summed E-state index contributed by atoms with van der Waals surface area (Å²) in [5.41, 5.74) is 1.62. The van der Waals surface area contributed by atoms with Crippen molar-refractivity contribution in [2.75, 3.05) is 11.7 Å². The van der Waals surface area contributed by atoms with E-state index in [4.69, 9.17) is 21.1 Å². The van der Waals surface area contributed by atoms with Crippen molar-refractivity contribution in [1.29, 1.82) is 0 Å². The lowest BCUT2D eigenvalue weighted by atomic mass is 9.85. The van der Waals surface area contributed by atoms with Gasteiger partial charge in [-0.2, -0.15) is 0 Å². The molecule has 2 fully saturated rings. The van der Waals surface area contributed by atoms with Crippen molar-refractivity contribution < 1.29 is 28.7 Å². The fraction of sp³-hybridized carbons (Fsp3) is 0.161. The number of benzene rings is 3. The van der Waals surface area contributed by atoms with Crippen LogP contribution in [-0.4, -0.2) is 47.2 Å². The first-order valence-corrected chi connectivity index (χ1v) is 13.1. The minimum absolute atomic E-state index is 0.0516. The maximum Gasteiger partial charge on any atom is 0.240 e. The van der Waals surface area contributed by atoms with Crippen LogP contribution >= 0.6 is 11.6 Å². The average molecular weight is 553 g/mol. The average Bonchev–Trinajstić information content (AvgIpc) is 3.65. The van der Waals surface area contributed by atoms with E-state index in [0.29, 0.717) is 38.9 Å². The summed E-state index contributed by atoms with van der Waals surface area (Å²) in [5, 5.41) is 0.477. The van der Waals surface area contributed by atoms with Gasteiger partial charge in [-0.05, 0) is 42.5 Å². The van der Waals surface area contributed by atoms with Crippen LogP contribution in [0.2, 0.25) is 5.02 Å². The molecule has 198 valence electrons. The summed E-state index contributed by atoms with van der Waals surface area (Å²) in [6.07, 6.45) is 5.00. The highest BCUT2D eigenvalue weighted by Gasteiger charge is 2.63. The third kappa shape index (κ3) is 3.67. The molecule has 9 heteroatoms. The molecule has 2 amide bonds. The van der Waals surface area contributed by atoms with E-state index in [9.17, 15) is 19.2 Å². The molecule has 0 unspecified atom stereocenters. The quantitative estimate of drug-likeness (QED) is 0.341. The number of fused-ring (bicyclic) bond motifs is 4. The molecule has 0 aromatic heterocycles. The zero-order chi connectivity index (χ0) is 27.5. The molecule has 0 spiro atoms. The van der Waals surface area contributed by atoms with E-state index < -0.39 is 35.7 Å². The topological polar surface area (TPSA) is 93.2 Å². The molecule has 3 aromatic rings. The van der Waals surface area contributed by atoms with Gasteiger partial charge in [-0.1, -0.05) is 48.0 Å². The fourth-order valence-electron chi connectivity index (χ4n) is 6.02. The molecule has 4 atom stereocenters. The third-order valence-corrected chi connectivity index (χ3v) is 8.11. The van der Waals surface area contributed by atoms with E-state index in [-0.39, 0.29) is 18.4 Å². The first-order valence-electron chi connectivity index (χ1n) is 12.8. The molecule has 0 bridgehead atoms. The number of rotatable bonds is 5. The highest BCUT2D eigenvalue weighted by Crippen LogP contribution is 2.48. The number of nitrogens with zero attached hydrogens (tertiary/aromatic N) is 2. The Morgan fingerprint density at radius 3 is 2.33 bits per heavy atom. The predicted molar refractivity (Wildman–Crippen MR) is 145 cm³/mol. The fourth-order valence-corrected chi connectivity index (χ4v) is 6.14. The maximum atomic E-state index is 14.0. The van der Waals surface area contributed by atoms with E-state index >= 15 is 0 Å². The monoisotopic (exact) mass is 552 g/mol. The molecular weight excluding hydrogens is 532 g/mol. The van der Waals surface area contributed by atoms with Gasteiger partial charge in [-0.25, -0.2) is 4.90 Å². The normalized spacial score (nSPS) is 24.2. The van der Waals surface area contributed by atoms with E-state index in [2.05, 4.69) is 0 Å². The van der Waals surface area contributed by atoms with Crippen LogP contribution in [0.1, 0.15) is 20.7 Å². The van der Waals surface area contributed by atoms with Crippen LogP contribution in [0.15, 0.2) is 96.7 Å². The Labute approximate surface area is 234 Å². The number of allylic oxidation sites excluding steroid dienone is 2. The largest absolute Gasteiger partial charge is 0.454 e. The summed E-state index contributed by atoms with van der Waals surface area (Å²) in [5.74, 6) is -2.30. The van der Waals surface area contributed by atoms with Gasteiger partial charge in [0.25, 0.3) is 0 Å². The predicted octanol–water partition coefficient (Wildman–Crippen LogP) is 4.45. The number of carbonyl (C=O) groups excluding carboxylic acids is 4. The second-order valence-corrected chi connectivity index (χ2v) is 10.4. The summed E-state index contributed by atoms with van der Waals surface area (Å²) >= 11 is 6.04. The lowest BCUT2D eigenvalue weighted by molar-refractivity contribution is -0.123. The van der Waals surface area contributed by atoms with Crippen molar-refractivity contribution in [2.24, 2.45) is 11.8 Å². The number of amides is 2. The van der Waals surface area contributed by atoms with Crippen LogP contribution in [0.5, 0.6) is 11.5 Å². The van der Waals surface area contributed by atoms with E-state index in [0.717, 1.165) is 4.90 Å². The van der Waals surface area contributed by atoms with Crippen molar-refractivity contribution in [1.82, 2.24) is 4.90 Å². The van der Waals surface area contributed by atoms with Crippen LogP contribution in [0.25, 0.3) is 0 Å². The molecule has 0 radical (unpaired) electrons. The second kappa shape index (κ2) is 9.20. The van der Waals surface area contributed by atoms with Crippen LogP contribution in [-0.2, 0) is 9.59 Å². The minimum atomic E-state index is -0.960. The summed E-state index contributed by atoms with van der Waals surface area (Å²) in [7, 11) is 0. The molecule has 4 aliphatic rings. The van der Waals surface area contributed by atoms with Gasteiger partial charge in [0.05, 0.1) is 23.6 Å². The standard InChI is InChI=1S/C31H21ClN2O6/c32-20-8-6-18(7-9-20)29(36)27-26-25(22-14-19(12-13-33(22)27)28(35)17-4-2-1-3-5-17)30(37)34(31(26)38)21-10-11-23-24(15-21)40-16-39-23/h1-15,22,25-27H,16H2/t22-,25+,26+,27-/m1/s1. The van der Waals surface area contributed by atoms with E-state index in [1.807, 2.05) is 6.07 Å². The minimum Gasteiger partial charge on any atom is -0.454 e. The number of hydrogen-bond acceptors (Lipinski definition) is 7. The SMILES string of the molecule is O=C(C1=C[C@@H]2[C@@H]3C(=O)N(c4ccc5c(c4)OCO5)C(=O)[C@@H]3[C@H](C(=O)c3ccc(Cl)cc3)N2C=C1)c1ccccc1. The molecule has 2 saturated heterocycles. The van der Waals surface area contributed by atoms with E-state index in [1.54, 1.807) is 90.0 Å². The summed E-state index contributed by atoms with van der Waals surface area (Å²) in [6.45, 7) is 0.0516. The number of anilines is 1. The lowest BCUT2D eigenvalue weighted by Crippen LogP contribution is -2.46. The van der Waals surface area contributed by atoms with Gasteiger partial charge in [0.2, 0.25) is 18.6 Å². The van der Waals surface area contributed by atoms with Crippen molar-refractivity contribution >= 4 is 40.7 Å². The highest BCUT2D eigenvalue weighted by atomic mass is 35.5. The number of carbonyl (C=O) groups is 4. The van der Waals surface area contributed by atoms with Crippen LogP contribution in [0, 0.1) is 11.8 Å². The zero-order valence-electron chi connectivity index (χ0n) is 20.9. The molecule has 0 saturated carbocycles. The van der Waals surface area contributed by atoms with Crippen LogP contribution < -0.4 is 14.4 Å². The maximum absolute atomic E-state index is 14.0. The Hall–Kier alpha value is -4.69. The van der Waals surface area contributed by atoms with Gasteiger partial charge >= 0.3 is 0 Å². The number of hydrogen-bond donors (Lipinski definition) is 0. The Bertz CT molecular complexity index is 1650. The molecule has 8 nitrogen and oxygen atoms in total. The summed E-state index contributed by atoms with van der Waals surface area (Å²) < 4.78 is 10.8. The van der Waals surface area contributed by atoms with Crippen LogP contribution in [0.4, 0.5) is 5.69 Å². The van der Waals surface area contributed by atoms with Crippen molar-refractivity contribution in [3.8, 4) is 11.5 Å². The third-order valence-electron chi connectivity index (χ3n) is 7.86. The van der Waals surface area contributed by atoms with Gasteiger partial charge in [-0.3, -0.25) is 19.2 Å².